The van der Waals surface area contributed by atoms with Gasteiger partial charge >= 0.3 is 0 Å². The number of para-hydroxylation sites is 1. The quantitative estimate of drug-likeness (QED) is 0.877. The summed E-state index contributed by atoms with van der Waals surface area (Å²) in [6.07, 6.45) is 2.21. The van der Waals surface area contributed by atoms with E-state index in [1.54, 1.807) is 0 Å². The maximum Gasteiger partial charge on any atom is 0.245 e. The molecule has 2 aromatic rings. The third-order valence-electron chi connectivity index (χ3n) is 3.50. The molecule has 2 N–H and O–H groups in total. The van der Waals surface area contributed by atoms with Gasteiger partial charge in [0.1, 0.15) is 5.52 Å². The van der Waals surface area contributed by atoms with Gasteiger partial charge in [0.25, 0.3) is 0 Å². The molecular weight excluding hydrogens is 226 g/mol. The highest BCUT2D eigenvalue weighted by molar-refractivity contribution is 5.74. The van der Waals surface area contributed by atoms with Crippen LogP contribution in [0.25, 0.3) is 11.0 Å². The fourth-order valence-electron chi connectivity index (χ4n) is 2.44. The number of hydrogen-bond donors (Lipinski definition) is 1. The number of hydrogen-bond acceptors (Lipinski definition) is 5. The van der Waals surface area contributed by atoms with E-state index >= 15 is 0 Å². The molecule has 1 aliphatic carbocycles. The van der Waals surface area contributed by atoms with Crippen molar-refractivity contribution in [3.8, 4) is 0 Å². The Kier molecular flexibility index (Phi) is 2.83. The number of nitrogens with two attached hydrogens (primary N) is 1. The number of nitrogens with zero attached hydrogens (tertiary/aromatic N) is 4. The van der Waals surface area contributed by atoms with E-state index in [2.05, 4.69) is 20.1 Å². The Hall–Kier alpha value is -1.75. The molecule has 0 aliphatic heterocycles. The van der Waals surface area contributed by atoms with Gasteiger partial charge in [-0.1, -0.05) is 12.1 Å². The van der Waals surface area contributed by atoms with Crippen molar-refractivity contribution in [1.82, 2.24) is 15.2 Å². The summed E-state index contributed by atoms with van der Waals surface area (Å²) in [5.74, 6) is 1.36. The number of benzene rings is 1. The van der Waals surface area contributed by atoms with Crippen LogP contribution in [-0.4, -0.2) is 34.8 Å². The Morgan fingerprint density at radius 2 is 1.94 bits per heavy atom. The normalized spacial score (nSPS) is 22.8. The SMILES string of the molecule is CN(CC1CC(N)C1)c1nnc2ccccc2n1. The first-order valence-corrected chi connectivity index (χ1v) is 6.28. The Balaban J connectivity index is 1.76. The van der Waals surface area contributed by atoms with Gasteiger partial charge in [0.2, 0.25) is 5.95 Å². The van der Waals surface area contributed by atoms with Crippen LogP contribution in [0.3, 0.4) is 0 Å². The summed E-state index contributed by atoms with van der Waals surface area (Å²) in [4.78, 5) is 6.59. The summed E-state index contributed by atoms with van der Waals surface area (Å²) < 4.78 is 0. The molecule has 18 heavy (non-hydrogen) atoms. The van der Waals surface area contributed by atoms with Crippen LogP contribution in [0, 0.1) is 5.92 Å². The van der Waals surface area contributed by atoms with Gasteiger partial charge < -0.3 is 10.6 Å². The minimum absolute atomic E-state index is 0.388. The van der Waals surface area contributed by atoms with Gasteiger partial charge in [-0.15, -0.1) is 10.2 Å². The van der Waals surface area contributed by atoms with Crippen molar-refractivity contribution < 1.29 is 0 Å². The van der Waals surface area contributed by atoms with Gasteiger partial charge in [0.15, 0.2) is 0 Å². The third-order valence-corrected chi connectivity index (χ3v) is 3.50. The van der Waals surface area contributed by atoms with Crippen LogP contribution >= 0.6 is 0 Å². The van der Waals surface area contributed by atoms with Crippen LogP contribution in [0.15, 0.2) is 24.3 Å². The van der Waals surface area contributed by atoms with E-state index in [1.165, 1.54) is 0 Å². The van der Waals surface area contributed by atoms with Gasteiger partial charge in [0, 0.05) is 19.6 Å². The van der Waals surface area contributed by atoms with E-state index in [0.29, 0.717) is 17.9 Å². The molecule has 3 rings (SSSR count). The molecular formula is C13H17N5. The standard InChI is InChI=1S/C13H17N5/c1-18(8-9-6-10(14)7-9)13-15-11-4-2-3-5-12(11)16-17-13/h2-5,9-10H,6-8,14H2,1H3. The lowest BCUT2D eigenvalue weighted by atomic mass is 9.81. The Morgan fingerprint density at radius 3 is 2.67 bits per heavy atom. The van der Waals surface area contributed by atoms with E-state index in [-0.39, 0.29) is 0 Å². The molecule has 94 valence electrons. The predicted molar refractivity (Wildman–Crippen MR) is 71.3 cm³/mol. The minimum Gasteiger partial charge on any atom is -0.342 e. The van der Waals surface area contributed by atoms with Crippen molar-refractivity contribution >= 4 is 17.0 Å². The van der Waals surface area contributed by atoms with Crippen molar-refractivity contribution in [1.29, 1.82) is 0 Å². The predicted octanol–water partition coefficient (Wildman–Crippen LogP) is 1.20. The fourth-order valence-corrected chi connectivity index (χ4v) is 2.44. The highest BCUT2D eigenvalue weighted by Crippen LogP contribution is 2.26. The molecule has 0 spiro atoms. The lowest BCUT2D eigenvalue weighted by molar-refractivity contribution is 0.270. The zero-order valence-electron chi connectivity index (χ0n) is 10.5. The zero-order valence-corrected chi connectivity index (χ0v) is 10.5. The minimum atomic E-state index is 0.388. The van der Waals surface area contributed by atoms with Gasteiger partial charge in [-0.2, -0.15) is 0 Å². The van der Waals surface area contributed by atoms with Crippen LogP contribution in [-0.2, 0) is 0 Å². The molecule has 1 aromatic carbocycles. The Morgan fingerprint density at radius 1 is 1.22 bits per heavy atom. The summed E-state index contributed by atoms with van der Waals surface area (Å²) in [7, 11) is 2.01. The first-order chi connectivity index (χ1) is 8.72. The van der Waals surface area contributed by atoms with Gasteiger partial charge in [-0.25, -0.2) is 4.98 Å². The molecule has 1 fully saturated rings. The average molecular weight is 243 g/mol. The van der Waals surface area contributed by atoms with Crippen LogP contribution in [0.1, 0.15) is 12.8 Å². The van der Waals surface area contributed by atoms with Crippen molar-refractivity contribution in [2.75, 3.05) is 18.5 Å². The monoisotopic (exact) mass is 243 g/mol. The summed E-state index contributed by atoms with van der Waals surface area (Å²) >= 11 is 0. The number of aromatic nitrogens is 3. The van der Waals surface area contributed by atoms with Gasteiger partial charge in [-0.05, 0) is 30.9 Å². The maximum absolute atomic E-state index is 5.80. The summed E-state index contributed by atoms with van der Waals surface area (Å²) in [5.41, 5.74) is 7.52. The molecule has 0 saturated heterocycles. The van der Waals surface area contributed by atoms with Crippen LogP contribution in [0.2, 0.25) is 0 Å². The van der Waals surface area contributed by atoms with E-state index < -0.39 is 0 Å². The molecule has 0 atom stereocenters. The van der Waals surface area contributed by atoms with Crippen LogP contribution in [0.4, 0.5) is 5.95 Å². The average Bonchev–Trinajstić information content (AvgIpc) is 2.36. The van der Waals surface area contributed by atoms with Crippen LogP contribution < -0.4 is 10.6 Å². The molecule has 1 aliphatic rings. The van der Waals surface area contributed by atoms with Crippen molar-refractivity contribution in [3.63, 3.8) is 0 Å². The fraction of sp³-hybridized carbons (Fsp3) is 0.462. The van der Waals surface area contributed by atoms with E-state index in [0.717, 1.165) is 30.4 Å². The Labute approximate surface area is 106 Å². The highest BCUT2D eigenvalue weighted by Gasteiger charge is 2.27. The van der Waals surface area contributed by atoms with Crippen molar-refractivity contribution in [3.05, 3.63) is 24.3 Å². The van der Waals surface area contributed by atoms with Crippen molar-refractivity contribution in [2.45, 2.75) is 18.9 Å². The zero-order chi connectivity index (χ0) is 12.5. The Bertz CT molecular complexity index is 550. The highest BCUT2D eigenvalue weighted by atomic mass is 15.3. The molecule has 1 saturated carbocycles. The molecule has 0 bridgehead atoms. The third kappa shape index (κ3) is 2.13. The summed E-state index contributed by atoms with van der Waals surface area (Å²) in [6.45, 7) is 0.952. The van der Waals surface area contributed by atoms with Crippen LogP contribution in [0.5, 0.6) is 0 Å². The molecule has 5 nitrogen and oxygen atoms in total. The second kappa shape index (κ2) is 4.49. The first-order valence-electron chi connectivity index (χ1n) is 6.28. The second-order valence-electron chi connectivity index (χ2n) is 5.08. The summed E-state index contributed by atoms with van der Waals surface area (Å²) in [6, 6.07) is 8.17. The number of fused-ring (bicyclic) bond motifs is 1. The smallest absolute Gasteiger partial charge is 0.245 e. The van der Waals surface area contributed by atoms with E-state index in [4.69, 9.17) is 5.73 Å². The van der Waals surface area contributed by atoms with Gasteiger partial charge in [0.05, 0.1) is 5.52 Å². The van der Waals surface area contributed by atoms with E-state index in [1.807, 2.05) is 31.3 Å². The lowest BCUT2D eigenvalue weighted by Crippen LogP contribution is -2.42. The molecule has 0 unspecified atom stereocenters. The van der Waals surface area contributed by atoms with E-state index in [9.17, 15) is 0 Å². The lowest BCUT2D eigenvalue weighted by Gasteiger charge is -2.35. The molecule has 1 aromatic heterocycles. The number of rotatable bonds is 3. The molecule has 5 heteroatoms. The molecule has 0 radical (unpaired) electrons. The van der Waals surface area contributed by atoms with Crippen molar-refractivity contribution in [2.24, 2.45) is 11.7 Å². The second-order valence-corrected chi connectivity index (χ2v) is 5.08. The number of anilines is 1. The first kappa shape index (κ1) is 11.3. The van der Waals surface area contributed by atoms with Gasteiger partial charge in [-0.3, -0.25) is 0 Å². The maximum atomic E-state index is 5.80. The molecule has 1 heterocycles. The summed E-state index contributed by atoms with van der Waals surface area (Å²) in [5, 5.41) is 8.36. The molecule has 0 amide bonds. The largest absolute Gasteiger partial charge is 0.342 e. The topological polar surface area (TPSA) is 67.9 Å².